The van der Waals surface area contributed by atoms with Crippen LogP contribution in [-0.2, 0) is 14.8 Å². The third-order valence-electron chi connectivity index (χ3n) is 7.92. The molecule has 5 rings (SSSR count). The van der Waals surface area contributed by atoms with Crippen LogP contribution in [0.4, 0.5) is 13.2 Å². The minimum absolute atomic E-state index is 0.0445. The van der Waals surface area contributed by atoms with Crippen molar-refractivity contribution in [3.05, 3.63) is 48.5 Å². The van der Waals surface area contributed by atoms with E-state index in [1.54, 1.807) is 17.0 Å². The number of halogens is 3. The third-order valence-corrected chi connectivity index (χ3v) is 9.84. The molecule has 12 heteroatoms. The van der Waals surface area contributed by atoms with Crippen LogP contribution >= 0.6 is 0 Å². The molecule has 2 aromatic carbocycles. The minimum Gasteiger partial charge on any atom is -0.492 e. The maximum atomic E-state index is 13.8. The fraction of sp³-hybridized carbons (Fsp3) is 0.519. The maximum Gasteiger partial charge on any atom is 0.390 e. The second kappa shape index (κ2) is 10.7. The molecule has 2 aromatic rings. The number of nitrogens with one attached hydrogen (secondary N) is 1. The molecule has 39 heavy (non-hydrogen) atoms. The summed E-state index contributed by atoms with van der Waals surface area (Å²) >= 11 is 0. The van der Waals surface area contributed by atoms with Gasteiger partial charge < -0.3 is 20.1 Å². The molecule has 3 aliphatic rings. The van der Waals surface area contributed by atoms with Gasteiger partial charge in [0.05, 0.1) is 19.1 Å². The lowest BCUT2D eigenvalue weighted by molar-refractivity contribution is -0.139. The van der Waals surface area contributed by atoms with Crippen molar-refractivity contribution in [2.45, 2.75) is 60.9 Å². The normalized spacial score (nSPS) is 25.7. The Kier molecular flexibility index (Phi) is 7.66. The lowest BCUT2D eigenvalue weighted by Crippen LogP contribution is -2.59. The SMILES string of the molecule is O=C1NC2(CCOc3cc(-c4ccccc4)ccc3S(=O)(=O)N3C[C@H](O)C[C@@H]13)CCN(CCC(F)(F)F)CC2. The van der Waals surface area contributed by atoms with E-state index in [1.165, 1.54) is 6.07 Å². The number of piperidine rings is 1. The number of aliphatic hydroxyl groups is 1. The number of amides is 1. The van der Waals surface area contributed by atoms with Gasteiger partial charge in [-0.25, -0.2) is 8.42 Å². The third kappa shape index (κ3) is 6.08. The summed E-state index contributed by atoms with van der Waals surface area (Å²) in [7, 11) is -4.20. The molecule has 1 amide bonds. The fourth-order valence-corrected chi connectivity index (χ4v) is 7.44. The first-order chi connectivity index (χ1) is 18.5. The van der Waals surface area contributed by atoms with Crippen LogP contribution in [0.5, 0.6) is 5.75 Å². The Hall–Kier alpha value is -2.67. The lowest BCUT2D eigenvalue weighted by atomic mass is 9.84. The average molecular weight is 568 g/mol. The number of carbonyl (C=O) groups excluding carboxylic acids is 1. The van der Waals surface area contributed by atoms with Crippen molar-refractivity contribution in [1.29, 1.82) is 0 Å². The summed E-state index contributed by atoms with van der Waals surface area (Å²) < 4.78 is 72.9. The van der Waals surface area contributed by atoms with E-state index in [4.69, 9.17) is 4.74 Å². The first kappa shape index (κ1) is 27.9. The molecule has 212 valence electrons. The Morgan fingerprint density at radius 1 is 1.05 bits per heavy atom. The first-order valence-electron chi connectivity index (χ1n) is 13.1. The van der Waals surface area contributed by atoms with E-state index in [0.717, 1.165) is 15.4 Å². The van der Waals surface area contributed by atoms with E-state index >= 15 is 0 Å². The van der Waals surface area contributed by atoms with Gasteiger partial charge in [-0.3, -0.25) is 4.79 Å². The number of carbonyl (C=O) groups is 1. The molecular formula is C27H32F3N3O5S. The van der Waals surface area contributed by atoms with Crippen molar-refractivity contribution in [3.63, 3.8) is 0 Å². The largest absolute Gasteiger partial charge is 0.492 e. The molecule has 0 unspecified atom stereocenters. The molecule has 2 atom stereocenters. The molecular weight excluding hydrogens is 535 g/mol. The van der Waals surface area contributed by atoms with Gasteiger partial charge in [-0.15, -0.1) is 0 Å². The maximum absolute atomic E-state index is 13.8. The monoisotopic (exact) mass is 567 g/mol. The van der Waals surface area contributed by atoms with Crippen molar-refractivity contribution in [2.75, 3.05) is 32.8 Å². The zero-order chi connectivity index (χ0) is 27.8. The highest BCUT2D eigenvalue weighted by Crippen LogP contribution is 2.37. The highest BCUT2D eigenvalue weighted by Gasteiger charge is 2.47. The molecule has 2 N–H and O–H groups in total. The summed E-state index contributed by atoms with van der Waals surface area (Å²) in [6.07, 6.45) is -5.03. The Labute approximate surface area is 225 Å². The smallest absolute Gasteiger partial charge is 0.390 e. The van der Waals surface area contributed by atoms with E-state index in [0.29, 0.717) is 32.4 Å². The summed E-state index contributed by atoms with van der Waals surface area (Å²) in [5.74, 6) is -0.355. The van der Waals surface area contributed by atoms with Crippen LogP contribution < -0.4 is 10.1 Å². The Morgan fingerprint density at radius 2 is 1.77 bits per heavy atom. The van der Waals surface area contributed by atoms with E-state index < -0.39 is 46.2 Å². The van der Waals surface area contributed by atoms with Crippen LogP contribution in [0, 0.1) is 0 Å². The number of ether oxygens (including phenoxy) is 1. The predicted octanol–water partition coefficient (Wildman–Crippen LogP) is 3.16. The van der Waals surface area contributed by atoms with Gasteiger partial charge in [0.25, 0.3) is 0 Å². The number of alkyl halides is 3. The molecule has 3 heterocycles. The second-order valence-electron chi connectivity index (χ2n) is 10.6. The zero-order valence-electron chi connectivity index (χ0n) is 21.4. The Morgan fingerprint density at radius 3 is 2.46 bits per heavy atom. The Balaban J connectivity index is 1.46. The van der Waals surface area contributed by atoms with E-state index in [2.05, 4.69) is 5.32 Å². The topological polar surface area (TPSA) is 99.2 Å². The standard InChI is InChI=1S/C27H32F3N3O5S/c28-27(29,30)10-14-32-12-8-26(9-13-32)11-15-38-23-16-20(19-4-2-1-3-5-19)6-7-24(23)39(36,37)33-18-21(34)17-22(33)25(35)31-26/h1-7,16,21-22,34H,8-15,17-18H2,(H,31,35)/t21-,22+/m1/s1. The van der Waals surface area contributed by atoms with E-state index in [1.807, 2.05) is 30.3 Å². The van der Waals surface area contributed by atoms with E-state index in [-0.39, 0.29) is 36.8 Å². The van der Waals surface area contributed by atoms with E-state index in [9.17, 15) is 31.5 Å². The quantitative estimate of drug-likeness (QED) is 0.592. The van der Waals surface area contributed by atoms with Crippen LogP contribution in [0.2, 0.25) is 0 Å². The second-order valence-corrected chi connectivity index (χ2v) is 12.4. The van der Waals surface area contributed by atoms with Gasteiger partial charge in [-0.1, -0.05) is 36.4 Å². The van der Waals surface area contributed by atoms with Crippen molar-refractivity contribution in [1.82, 2.24) is 14.5 Å². The number of sulfonamides is 1. The summed E-state index contributed by atoms with van der Waals surface area (Å²) in [6, 6.07) is 13.2. The van der Waals surface area contributed by atoms with Gasteiger partial charge >= 0.3 is 6.18 Å². The van der Waals surface area contributed by atoms with Crippen molar-refractivity contribution in [2.24, 2.45) is 0 Å². The van der Waals surface area contributed by atoms with Crippen LogP contribution in [0.3, 0.4) is 0 Å². The first-order valence-corrected chi connectivity index (χ1v) is 14.5. The minimum atomic E-state index is -4.24. The van der Waals surface area contributed by atoms with Gasteiger partial charge in [-0.05, 0) is 36.1 Å². The highest BCUT2D eigenvalue weighted by molar-refractivity contribution is 7.89. The molecule has 0 bridgehead atoms. The fourth-order valence-electron chi connectivity index (χ4n) is 5.69. The number of fused-ring (bicyclic) bond motifs is 2. The molecule has 1 spiro atoms. The molecule has 2 fully saturated rings. The van der Waals surface area contributed by atoms with Crippen molar-refractivity contribution >= 4 is 15.9 Å². The molecule has 0 radical (unpaired) electrons. The van der Waals surface area contributed by atoms with Gasteiger partial charge in [0.15, 0.2) is 0 Å². The number of hydrogen-bond donors (Lipinski definition) is 2. The molecule has 3 aliphatic heterocycles. The summed E-state index contributed by atoms with van der Waals surface area (Å²) in [5.41, 5.74) is 0.875. The molecule has 0 aromatic heterocycles. The molecule has 0 aliphatic carbocycles. The van der Waals surface area contributed by atoms with Crippen LogP contribution in [0.1, 0.15) is 32.1 Å². The predicted molar refractivity (Wildman–Crippen MR) is 138 cm³/mol. The van der Waals surface area contributed by atoms with Gasteiger partial charge in [0.2, 0.25) is 15.9 Å². The Bertz CT molecular complexity index is 1300. The molecule has 2 saturated heterocycles. The van der Waals surface area contributed by atoms with Gasteiger partial charge in [-0.2, -0.15) is 17.5 Å². The summed E-state index contributed by atoms with van der Waals surface area (Å²) in [4.78, 5) is 15.1. The number of rotatable bonds is 3. The van der Waals surface area contributed by atoms with Crippen LogP contribution in [-0.4, -0.2) is 85.3 Å². The number of hydrogen-bond acceptors (Lipinski definition) is 6. The van der Waals surface area contributed by atoms with Gasteiger partial charge in [0.1, 0.15) is 16.7 Å². The lowest BCUT2D eigenvalue weighted by Gasteiger charge is -2.43. The average Bonchev–Trinajstić information content (AvgIpc) is 3.30. The number of nitrogens with zero attached hydrogens (tertiary/aromatic N) is 2. The van der Waals surface area contributed by atoms with Crippen molar-refractivity contribution < 1.29 is 36.2 Å². The zero-order valence-corrected chi connectivity index (χ0v) is 22.2. The number of likely N-dealkylation sites (tertiary alicyclic amines) is 1. The number of aliphatic hydroxyl groups excluding tert-OH is 1. The summed E-state index contributed by atoms with van der Waals surface area (Å²) in [6.45, 7) is 0.497. The molecule has 0 saturated carbocycles. The van der Waals surface area contributed by atoms with Crippen LogP contribution in [0.25, 0.3) is 11.1 Å². The van der Waals surface area contributed by atoms with Crippen molar-refractivity contribution in [3.8, 4) is 16.9 Å². The highest BCUT2D eigenvalue weighted by atomic mass is 32.2. The summed E-state index contributed by atoms with van der Waals surface area (Å²) in [5, 5.41) is 13.4. The number of benzene rings is 2. The van der Waals surface area contributed by atoms with Crippen LogP contribution in [0.15, 0.2) is 53.4 Å². The molecule has 8 nitrogen and oxygen atoms in total. The van der Waals surface area contributed by atoms with Gasteiger partial charge in [0, 0.05) is 44.6 Å².